The van der Waals surface area contributed by atoms with Crippen LogP contribution in [0.2, 0.25) is 0 Å². The third-order valence-electron chi connectivity index (χ3n) is 9.85. The largest absolute Gasteiger partial charge is 0.493 e. The van der Waals surface area contributed by atoms with Gasteiger partial charge in [0, 0.05) is 12.2 Å². The van der Waals surface area contributed by atoms with Gasteiger partial charge >= 0.3 is 5.97 Å². The number of methoxy groups -OCH3 is 3. The Balaban J connectivity index is 1.09. The molecule has 3 aromatic rings. The fraction of sp³-hybridized carbons (Fsp3) is 0.417. The number of benzene rings is 3. The van der Waals surface area contributed by atoms with Gasteiger partial charge in [0.15, 0.2) is 18.1 Å². The van der Waals surface area contributed by atoms with Crippen molar-refractivity contribution in [3.63, 3.8) is 0 Å². The molecule has 4 fully saturated rings. The lowest BCUT2D eigenvalue weighted by Crippen LogP contribution is -2.59. The number of anilines is 1. The molecule has 2 atom stereocenters. The van der Waals surface area contributed by atoms with Gasteiger partial charge in [-0.15, -0.1) is 0 Å². The van der Waals surface area contributed by atoms with Gasteiger partial charge in [0.25, 0.3) is 5.91 Å². The molecule has 3 aromatic carbocycles. The van der Waals surface area contributed by atoms with E-state index in [1.165, 1.54) is 19.1 Å². The highest BCUT2D eigenvalue weighted by molar-refractivity contribution is 5.95. The van der Waals surface area contributed by atoms with Crippen LogP contribution in [0, 0.1) is 17.3 Å². The van der Waals surface area contributed by atoms with Crippen LogP contribution in [0.5, 0.6) is 17.2 Å². The van der Waals surface area contributed by atoms with Crippen molar-refractivity contribution in [1.29, 1.82) is 0 Å². The summed E-state index contributed by atoms with van der Waals surface area (Å²) in [5.41, 5.74) is 2.66. The first-order chi connectivity index (χ1) is 21.7. The molecule has 0 aliphatic heterocycles. The van der Waals surface area contributed by atoms with Crippen LogP contribution in [-0.4, -0.2) is 45.7 Å². The van der Waals surface area contributed by atoms with E-state index < -0.39 is 5.97 Å². The zero-order chi connectivity index (χ0) is 31.6. The number of esters is 1. The Morgan fingerprint density at radius 3 is 2.27 bits per heavy atom. The summed E-state index contributed by atoms with van der Waals surface area (Å²) in [5.74, 6) is 2.34. The van der Waals surface area contributed by atoms with E-state index in [1.54, 1.807) is 38.5 Å². The first-order valence-corrected chi connectivity index (χ1v) is 15.5. The second-order valence-corrected chi connectivity index (χ2v) is 12.8. The summed E-state index contributed by atoms with van der Waals surface area (Å²) in [4.78, 5) is 38.2. The van der Waals surface area contributed by atoms with Crippen molar-refractivity contribution >= 4 is 23.5 Å². The maximum absolute atomic E-state index is 13.9. The topological polar surface area (TPSA) is 112 Å². The molecule has 7 rings (SSSR count). The molecule has 0 heterocycles. The smallest absolute Gasteiger partial charge is 0.337 e. The molecule has 2 unspecified atom stereocenters. The minimum Gasteiger partial charge on any atom is -0.493 e. The first-order valence-electron chi connectivity index (χ1n) is 15.5. The number of carbonyl (C=O) groups is 3. The Kier molecular flexibility index (Phi) is 8.44. The predicted octanol–water partition coefficient (Wildman–Crippen LogP) is 5.66. The Bertz CT molecular complexity index is 1570. The summed E-state index contributed by atoms with van der Waals surface area (Å²) in [6, 6.07) is 20.4. The monoisotopic (exact) mass is 612 g/mol. The van der Waals surface area contributed by atoms with Gasteiger partial charge in [0.1, 0.15) is 5.75 Å². The van der Waals surface area contributed by atoms with Gasteiger partial charge in [-0.1, -0.05) is 24.3 Å². The lowest BCUT2D eigenvalue weighted by molar-refractivity contribution is -0.149. The van der Waals surface area contributed by atoms with Gasteiger partial charge < -0.3 is 29.6 Å². The van der Waals surface area contributed by atoms with Crippen molar-refractivity contribution in [2.75, 3.05) is 33.3 Å². The third-order valence-corrected chi connectivity index (χ3v) is 9.85. The number of rotatable bonds is 11. The lowest BCUT2D eigenvalue weighted by atomic mass is 9.42. The predicted molar refractivity (Wildman–Crippen MR) is 169 cm³/mol. The average Bonchev–Trinajstić information content (AvgIpc) is 3.05. The molecule has 236 valence electrons. The maximum atomic E-state index is 13.9. The maximum Gasteiger partial charge on any atom is 0.337 e. The van der Waals surface area contributed by atoms with Crippen molar-refractivity contribution in [3.05, 3.63) is 83.4 Å². The molecule has 4 bridgehead atoms. The normalized spacial score (nSPS) is 24.4. The van der Waals surface area contributed by atoms with Crippen LogP contribution in [-0.2, 0) is 26.3 Å². The SMILES string of the molecule is COC(=O)c1cccc(NC(=O)COc2ccc(C34CC5CC(CC(C(=O)NCc6ccc(OC)c(OC)c6)(C5)C3)C4)cc2)c1. The van der Waals surface area contributed by atoms with E-state index in [-0.39, 0.29) is 29.3 Å². The quantitative estimate of drug-likeness (QED) is 0.269. The van der Waals surface area contributed by atoms with E-state index in [4.69, 9.17) is 18.9 Å². The van der Waals surface area contributed by atoms with Crippen LogP contribution in [0.1, 0.15) is 60.0 Å². The summed E-state index contributed by atoms with van der Waals surface area (Å²) in [6.07, 6.45) is 6.13. The molecule has 9 heteroatoms. The molecule has 0 saturated heterocycles. The van der Waals surface area contributed by atoms with Crippen LogP contribution in [0.3, 0.4) is 0 Å². The zero-order valence-electron chi connectivity index (χ0n) is 26.0. The van der Waals surface area contributed by atoms with Gasteiger partial charge in [-0.25, -0.2) is 4.79 Å². The lowest BCUT2D eigenvalue weighted by Gasteiger charge is -2.61. The second kappa shape index (κ2) is 12.5. The van der Waals surface area contributed by atoms with Crippen LogP contribution < -0.4 is 24.8 Å². The van der Waals surface area contributed by atoms with Gasteiger partial charge in [0.2, 0.25) is 5.91 Å². The fourth-order valence-electron chi connectivity index (χ4n) is 8.32. The number of ether oxygens (including phenoxy) is 4. The van der Waals surface area contributed by atoms with E-state index in [9.17, 15) is 14.4 Å². The molecular formula is C36H40N2O7. The summed E-state index contributed by atoms with van der Waals surface area (Å²) in [6.45, 7) is 0.278. The number of carbonyl (C=O) groups excluding carboxylic acids is 3. The van der Waals surface area contributed by atoms with Gasteiger partial charge in [-0.05, 0) is 109 Å². The molecule has 45 heavy (non-hydrogen) atoms. The van der Waals surface area contributed by atoms with Gasteiger partial charge in [-0.3, -0.25) is 9.59 Å². The van der Waals surface area contributed by atoms with Crippen molar-refractivity contribution in [1.82, 2.24) is 5.32 Å². The van der Waals surface area contributed by atoms with Crippen LogP contribution >= 0.6 is 0 Å². The van der Waals surface area contributed by atoms with Crippen molar-refractivity contribution in [2.45, 2.75) is 50.5 Å². The summed E-state index contributed by atoms with van der Waals surface area (Å²) in [7, 11) is 4.54. The van der Waals surface area contributed by atoms with Gasteiger partial charge in [0.05, 0.1) is 32.3 Å². The molecule has 4 aliphatic carbocycles. The molecule has 0 spiro atoms. The van der Waals surface area contributed by atoms with Crippen molar-refractivity contribution < 1.29 is 33.3 Å². The number of amides is 2. The van der Waals surface area contributed by atoms with E-state index in [1.807, 2.05) is 30.3 Å². The van der Waals surface area contributed by atoms with E-state index in [2.05, 4.69) is 22.8 Å². The van der Waals surface area contributed by atoms with Crippen LogP contribution in [0.25, 0.3) is 0 Å². The molecule has 4 saturated carbocycles. The molecule has 0 radical (unpaired) electrons. The van der Waals surface area contributed by atoms with Gasteiger partial charge in [-0.2, -0.15) is 0 Å². The first kappa shape index (κ1) is 30.5. The minimum absolute atomic E-state index is 0.0364. The highest BCUT2D eigenvalue weighted by Gasteiger charge is 2.60. The number of nitrogens with one attached hydrogen (secondary N) is 2. The van der Waals surface area contributed by atoms with Crippen molar-refractivity contribution in [2.24, 2.45) is 17.3 Å². The summed E-state index contributed by atoms with van der Waals surface area (Å²) >= 11 is 0. The Morgan fingerprint density at radius 1 is 0.844 bits per heavy atom. The summed E-state index contributed by atoms with van der Waals surface area (Å²) < 4.78 is 21.3. The fourth-order valence-corrected chi connectivity index (χ4v) is 8.32. The minimum atomic E-state index is -0.470. The molecule has 2 N–H and O–H groups in total. The van der Waals surface area contributed by atoms with Crippen molar-refractivity contribution in [3.8, 4) is 17.2 Å². The highest BCUT2D eigenvalue weighted by atomic mass is 16.5. The Hall–Kier alpha value is -4.53. The van der Waals surface area contributed by atoms with E-state index >= 15 is 0 Å². The number of hydrogen-bond donors (Lipinski definition) is 2. The van der Waals surface area contributed by atoms with E-state index in [0.29, 0.717) is 46.9 Å². The van der Waals surface area contributed by atoms with Crippen LogP contribution in [0.15, 0.2) is 66.7 Å². The average molecular weight is 613 g/mol. The molecule has 2 amide bonds. The Labute approximate surface area is 263 Å². The highest BCUT2D eigenvalue weighted by Crippen LogP contribution is 2.65. The second-order valence-electron chi connectivity index (χ2n) is 12.8. The zero-order valence-corrected chi connectivity index (χ0v) is 26.0. The molecular weight excluding hydrogens is 572 g/mol. The molecule has 4 aliphatic rings. The standard InChI is InChI=1S/C36H40N2O7/c1-42-30-12-7-23(14-31(30)43-2)20-37-34(41)36-18-24-13-25(19-36)17-35(16-24,22-36)27-8-10-29(11-9-27)45-21-32(39)38-28-6-4-5-26(15-28)33(40)44-3/h4-12,14-15,24-25H,13,16-22H2,1-3H3,(H,37,41)(H,38,39). The Morgan fingerprint density at radius 2 is 1.58 bits per heavy atom. The molecule has 9 nitrogen and oxygen atoms in total. The third kappa shape index (κ3) is 6.21. The summed E-state index contributed by atoms with van der Waals surface area (Å²) in [5, 5.41) is 6.02. The number of hydrogen-bond acceptors (Lipinski definition) is 7. The van der Waals surface area contributed by atoms with Crippen LogP contribution in [0.4, 0.5) is 5.69 Å². The molecule has 0 aromatic heterocycles. The van der Waals surface area contributed by atoms with E-state index in [0.717, 1.165) is 37.7 Å².